The lowest BCUT2D eigenvalue weighted by Gasteiger charge is -2.29. The molecule has 0 aromatic heterocycles. The van der Waals surface area contributed by atoms with Crippen LogP contribution in [-0.2, 0) is 5.41 Å². The highest BCUT2D eigenvalue weighted by Crippen LogP contribution is 2.32. The number of aliphatic hydroxyl groups is 2. The van der Waals surface area contributed by atoms with Gasteiger partial charge in [0.15, 0.2) is 0 Å². The molecule has 0 aliphatic carbocycles. The average Bonchev–Trinajstić information content (AvgIpc) is 2.24. The smallest absolute Gasteiger partial charge is 0.0550 e. The van der Waals surface area contributed by atoms with Gasteiger partial charge in [0.2, 0.25) is 0 Å². The van der Waals surface area contributed by atoms with E-state index in [-0.39, 0.29) is 13.2 Å². The minimum absolute atomic E-state index is 0.0935. The fourth-order valence-corrected chi connectivity index (χ4v) is 1.86. The molecule has 78 valence electrons. The number of rotatable bonds is 4. The molecule has 0 saturated carbocycles. The summed E-state index contributed by atoms with van der Waals surface area (Å²) in [7, 11) is 0. The van der Waals surface area contributed by atoms with Crippen molar-refractivity contribution in [2.45, 2.75) is 18.8 Å². The highest BCUT2D eigenvalue weighted by atomic mass is 35.5. The van der Waals surface area contributed by atoms with Gasteiger partial charge in [0.1, 0.15) is 0 Å². The summed E-state index contributed by atoms with van der Waals surface area (Å²) >= 11 is 6.02. The quantitative estimate of drug-likeness (QED) is 0.805. The Labute approximate surface area is 89.1 Å². The molecule has 0 aliphatic heterocycles. The normalized spacial score (nSPS) is 11.7. The molecule has 2 nitrogen and oxygen atoms in total. The molecule has 0 aliphatic rings. The number of hydrogen-bond acceptors (Lipinski definition) is 2. The second kappa shape index (κ2) is 4.78. The van der Waals surface area contributed by atoms with Crippen molar-refractivity contribution in [2.75, 3.05) is 13.2 Å². The fourth-order valence-electron chi connectivity index (χ4n) is 1.53. The summed E-state index contributed by atoms with van der Waals surface area (Å²) in [6.45, 7) is 1.74. The first kappa shape index (κ1) is 11.5. The molecule has 14 heavy (non-hydrogen) atoms. The molecular weight excluding hydrogens is 200 g/mol. The second-order valence-corrected chi connectivity index (χ2v) is 3.84. The number of hydrogen-bond donors (Lipinski definition) is 2. The van der Waals surface area contributed by atoms with E-state index in [1.165, 1.54) is 0 Å². The fraction of sp³-hybridized carbons (Fsp3) is 0.455. The van der Waals surface area contributed by atoms with Crippen molar-refractivity contribution in [3.63, 3.8) is 0 Å². The van der Waals surface area contributed by atoms with Crippen LogP contribution >= 0.6 is 11.6 Å². The second-order valence-electron chi connectivity index (χ2n) is 3.43. The monoisotopic (exact) mass is 214 g/mol. The van der Waals surface area contributed by atoms with Gasteiger partial charge in [0.05, 0.1) is 13.2 Å². The van der Waals surface area contributed by atoms with Crippen LogP contribution in [0.2, 0.25) is 5.02 Å². The molecule has 0 heterocycles. The van der Waals surface area contributed by atoms with Crippen LogP contribution < -0.4 is 0 Å². The Morgan fingerprint density at radius 1 is 1.21 bits per heavy atom. The highest BCUT2D eigenvalue weighted by molar-refractivity contribution is 6.31. The number of halogens is 1. The van der Waals surface area contributed by atoms with Crippen LogP contribution in [0.5, 0.6) is 0 Å². The largest absolute Gasteiger partial charge is 0.395 e. The third-order valence-corrected chi connectivity index (χ3v) is 3.06. The minimum atomic E-state index is -0.613. The van der Waals surface area contributed by atoms with Gasteiger partial charge in [-0.1, -0.05) is 36.7 Å². The first-order valence-corrected chi connectivity index (χ1v) is 5.04. The molecule has 2 N–H and O–H groups in total. The summed E-state index contributed by atoms with van der Waals surface area (Å²) in [4.78, 5) is 0. The van der Waals surface area contributed by atoms with Gasteiger partial charge in [-0.15, -0.1) is 0 Å². The van der Waals surface area contributed by atoms with Gasteiger partial charge in [0.25, 0.3) is 0 Å². The van der Waals surface area contributed by atoms with Crippen molar-refractivity contribution < 1.29 is 10.2 Å². The Morgan fingerprint density at radius 3 is 2.21 bits per heavy atom. The molecular formula is C11H15ClO2. The van der Waals surface area contributed by atoms with E-state index < -0.39 is 5.41 Å². The molecule has 0 amide bonds. The summed E-state index contributed by atoms with van der Waals surface area (Å²) < 4.78 is 0. The van der Waals surface area contributed by atoms with E-state index in [1.807, 2.05) is 25.1 Å². The van der Waals surface area contributed by atoms with Crippen molar-refractivity contribution in [1.82, 2.24) is 0 Å². The van der Waals surface area contributed by atoms with Crippen molar-refractivity contribution >= 4 is 11.6 Å². The zero-order chi connectivity index (χ0) is 10.6. The summed E-state index contributed by atoms with van der Waals surface area (Å²) in [6, 6.07) is 7.31. The topological polar surface area (TPSA) is 40.5 Å². The third kappa shape index (κ3) is 1.92. The van der Waals surface area contributed by atoms with Crippen LogP contribution in [0.15, 0.2) is 24.3 Å². The summed E-state index contributed by atoms with van der Waals surface area (Å²) in [6.07, 6.45) is 0.656. The molecule has 0 saturated heterocycles. The first-order valence-electron chi connectivity index (χ1n) is 4.67. The lowest BCUT2D eigenvalue weighted by molar-refractivity contribution is 0.113. The minimum Gasteiger partial charge on any atom is -0.395 e. The number of benzene rings is 1. The maximum Gasteiger partial charge on any atom is 0.0550 e. The van der Waals surface area contributed by atoms with Crippen molar-refractivity contribution in [3.05, 3.63) is 34.9 Å². The zero-order valence-electron chi connectivity index (χ0n) is 8.20. The number of aliphatic hydroxyl groups excluding tert-OH is 2. The van der Waals surface area contributed by atoms with Gasteiger partial charge in [0, 0.05) is 10.4 Å². The first-order chi connectivity index (χ1) is 6.70. The Morgan fingerprint density at radius 2 is 1.79 bits per heavy atom. The van der Waals surface area contributed by atoms with E-state index >= 15 is 0 Å². The van der Waals surface area contributed by atoms with Crippen LogP contribution in [0.3, 0.4) is 0 Å². The van der Waals surface area contributed by atoms with Crippen molar-refractivity contribution in [3.8, 4) is 0 Å². The molecule has 0 bridgehead atoms. The van der Waals surface area contributed by atoms with Crippen molar-refractivity contribution in [1.29, 1.82) is 0 Å². The van der Waals surface area contributed by atoms with Gasteiger partial charge in [-0.25, -0.2) is 0 Å². The maximum absolute atomic E-state index is 9.34. The average molecular weight is 215 g/mol. The van der Waals surface area contributed by atoms with Gasteiger partial charge in [-0.2, -0.15) is 0 Å². The molecule has 0 atom stereocenters. The molecule has 0 fully saturated rings. The molecule has 1 aromatic rings. The van der Waals surface area contributed by atoms with E-state index in [2.05, 4.69) is 0 Å². The predicted molar refractivity (Wildman–Crippen MR) is 57.6 cm³/mol. The molecule has 1 aromatic carbocycles. The molecule has 0 spiro atoms. The highest BCUT2D eigenvalue weighted by Gasteiger charge is 2.30. The predicted octanol–water partition coefficient (Wildman–Crippen LogP) is 1.97. The molecule has 1 rings (SSSR count). The lowest BCUT2D eigenvalue weighted by Crippen LogP contribution is -2.34. The molecule has 0 unspecified atom stereocenters. The Kier molecular flexibility index (Phi) is 3.93. The summed E-state index contributed by atoms with van der Waals surface area (Å²) in [5, 5.41) is 19.3. The Bertz CT molecular complexity index is 287. The summed E-state index contributed by atoms with van der Waals surface area (Å²) in [5.41, 5.74) is 0.201. The Balaban J connectivity index is 3.17. The van der Waals surface area contributed by atoms with E-state index in [0.717, 1.165) is 5.56 Å². The summed E-state index contributed by atoms with van der Waals surface area (Å²) in [5.74, 6) is 0. The lowest BCUT2D eigenvalue weighted by atomic mass is 9.79. The van der Waals surface area contributed by atoms with Crippen LogP contribution in [-0.4, -0.2) is 23.4 Å². The van der Waals surface area contributed by atoms with Crippen LogP contribution in [0.4, 0.5) is 0 Å². The standard InChI is InChI=1S/C11H15ClO2/c1-2-11(7-13,8-14)9-5-3-4-6-10(9)12/h3-6,13-14H,2,7-8H2,1H3. The zero-order valence-corrected chi connectivity index (χ0v) is 8.96. The van der Waals surface area contributed by atoms with Gasteiger partial charge < -0.3 is 10.2 Å². The van der Waals surface area contributed by atoms with Crippen molar-refractivity contribution in [2.24, 2.45) is 0 Å². The SMILES string of the molecule is CCC(CO)(CO)c1ccccc1Cl. The Hall–Kier alpha value is -0.570. The van der Waals surface area contributed by atoms with Gasteiger partial charge in [-0.3, -0.25) is 0 Å². The van der Waals surface area contributed by atoms with Crippen LogP contribution in [0.1, 0.15) is 18.9 Å². The third-order valence-electron chi connectivity index (χ3n) is 2.73. The maximum atomic E-state index is 9.34. The van der Waals surface area contributed by atoms with E-state index in [4.69, 9.17) is 11.6 Å². The van der Waals surface area contributed by atoms with Gasteiger partial charge >= 0.3 is 0 Å². The van der Waals surface area contributed by atoms with E-state index in [0.29, 0.717) is 11.4 Å². The van der Waals surface area contributed by atoms with Crippen LogP contribution in [0.25, 0.3) is 0 Å². The van der Waals surface area contributed by atoms with Gasteiger partial charge in [-0.05, 0) is 18.1 Å². The molecule has 0 radical (unpaired) electrons. The van der Waals surface area contributed by atoms with E-state index in [9.17, 15) is 10.2 Å². The van der Waals surface area contributed by atoms with Crippen LogP contribution in [0, 0.1) is 0 Å². The molecule has 3 heteroatoms. The van der Waals surface area contributed by atoms with E-state index in [1.54, 1.807) is 6.07 Å².